The van der Waals surface area contributed by atoms with Gasteiger partial charge in [-0.15, -0.1) is 0 Å². The molecule has 4 aromatic rings. The van der Waals surface area contributed by atoms with Gasteiger partial charge in [0, 0.05) is 38.0 Å². The molecule has 0 aromatic heterocycles. The molecule has 0 radical (unpaired) electrons. The van der Waals surface area contributed by atoms with E-state index in [9.17, 15) is 9.59 Å². The highest BCUT2D eigenvalue weighted by molar-refractivity contribution is 5.74. The molecule has 0 spiro atoms. The van der Waals surface area contributed by atoms with Crippen LogP contribution in [0.1, 0.15) is 91.9 Å². The molecule has 53 heavy (non-hydrogen) atoms. The topological polar surface area (TPSA) is 106 Å². The lowest BCUT2D eigenvalue weighted by Crippen LogP contribution is -2.37. The van der Waals surface area contributed by atoms with Crippen LogP contribution in [0.15, 0.2) is 121 Å². The van der Waals surface area contributed by atoms with Gasteiger partial charge in [-0.25, -0.2) is 9.59 Å². The smallest absolute Gasteiger partial charge is 0.314 e. The molecule has 4 amide bonds. The summed E-state index contributed by atoms with van der Waals surface area (Å²) in [5.41, 5.74) is 5.08. The number of carbonyl (C=O) groups excluding carboxylic acids is 2. The number of rotatable bonds is 26. The van der Waals surface area contributed by atoms with E-state index in [1.807, 2.05) is 24.3 Å². The second-order valence-electron chi connectivity index (χ2n) is 13.7. The number of nitrogens with one attached hydrogen (secondary N) is 6. The largest absolute Gasteiger partial charge is 0.338 e. The Morgan fingerprint density at radius 2 is 0.623 bits per heavy atom. The first kappa shape index (κ1) is 41.1. The summed E-state index contributed by atoms with van der Waals surface area (Å²) in [5.74, 6) is 0.519. The Labute approximate surface area is 318 Å². The minimum atomic E-state index is -0.0956. The summed E-state index contributed by atoms with van der Waals surface area (Å²) in [6, 6.07) is 41.8. The predicted molar refractivity (Wildman–Crippen MR) is 220 cm³/mol. The van der Waals surface area contributed by atoms with E-state index in [4.69, 9.17) is 0 Å². The van der Waals surface area contributed by atoms with E-state index in [2.05, 4.69) is 129 Å². The van der Waals surface area contributed by atoms with E-state index in [0.717, 1.165) is 51.9 Å². The van der Waals surface area contributed by atoms with Gasteiger partial charge in [0.1, 0.15) is 0 Å². The van der Waals surface area contributed by atoms with E-state index < -0.39 is 0 Å². The number of benzene rings is 4. The molecular formula is C45H62N6O2. The van der Waals surface area contributed by atoms with Gasteiger partial charge in [-0.2, -0.15) is 0 Å². The standard InChI is InChI=1S/C45H62N6O2/c52-44(50-36-28-42(38-20-8-4-9-21-38)39-22-10-5-11-23-39)48-34-18-32-46-30-16-2-1-3-17-31-47-33-19-35-49-45(53)51-37-29-43(40-24-12-6-13-25-40)41-26-14-7-15-27-41/h4-15,20-27,42-43,46-47H,1-3,16-19,28-37H2,(H2,48,50,52)(H2,49,51,53). The van der Waals surface area contributed by atoms with E-state index in [-0.39, 0.29) is 23.9 Å². The first-order valence-corrected chi connectivity index (χ1v) is 19.9. The molecule has 0 heterocycles. The van der Waals surface area contributed by atoms with Crippen molar-refractivity contribution in [2.75, 3.05) is 52.4 Å². The molecule has 0 bridgehead atoms. The van der Waals surface area contributed by atoms with Gasteiger partial charge in [0.25, 0.3) is 0 Å². The Balaban J connectivity index is 0.893. The second-order valence-corrected chi connectivity index (χ2v) is 13.7. The fourth-order valence-electron chi connectivity index (χ4n) is 6.69. The van der Waals surface area contributed by atoms with E-state index in [0.29, 0.717) is 26.2 Å². The summed E-state index contributed by atoms with van der Waals surface area (Å²) < 4.78 is 0. The molecule has 0 fully saturated rings. The number of carbonyl (C=O) groups is 2. The zero-order chi connectivity index (χ0) is 37.0. The molecule has 0 saturated carbocycles. The van der Waals surface area contributed by atoms with Gasteiger partial charge in [-0.3, -0.25) is 0 Å². The van der Waals surface area contributed by atoms with Gasteiger partial charge in [0.2, 0.25) is 0 Å². The monoisotopic (exact) mass is 718 g/mol. The third-order valence-corrected chi connectivity index (χ3v) is 9.58. The van der Waals surface area contributed by atoms with Crippen molar-refractivity contribution in [3.63, 3.8) is 0 Å². The van der Waals surface area contributed by atoms with Crippen LogP contribution < -0.4 is 31.9 Å². The summed E-state index contributed by atoms with van der Waals surface area (Å²) in [4.78, 5) is 24.6. The Morgan fingerprint density at radius 3 is 0.962 bits per heavy atom. The number of unbranched alkanes of at least 4 members (excludes halogenated alkanes) is 4. The Kier molecular flexibility index (Phi) is 20.3. The highest BCUT2D eigenvalue weighted by Gasteiger charge is 2.15. The maximum absolute atomic E-state index is 12.3. The van der Waals surface area contributed by atoms with Gasteiger partial charge >= 0.3 is 12.1 Å². The quantitative estimate of drug-likeness (QED) is 0.0371. The Hall–Kier alpha value is -4.66. The van der Waals surface area contributed by atoms with Crippen molar-refractivity contribution in [3.8, 4) is 0 Å². The zero-order valence-electron chi connectivity index (χ0n) is 31.5. The molecule has 8 heteroatoms. The normalized spacial score (nSPS) is 11.1. The zero-order valence-corrected chi connectivity index (χ0v) is 31.5. The van der Waals surface area contributed by atoms with Crippen molar-refractivity contribution in [3.05, 3.63) is 144 Å². The van der Waals surface area contributed by atoms with Gasteiger partial charge in [0.15, 0.2) is 0 Å². The van der Waals surface area contributed by atoms with Crippen LogP contribution in [0.2, 0.25) is 0 Å². The van der Waals surface area contributed by atoms with Crippen LogP contribution >= 0.6 is 0 Å². The lowest BCUT2D eigenvalue weighted by molar-refractivity contribution is 0.239. The first-order valence-electron chi connectivity index (χ1n) is 19.9. The fourth-order valence-corrected chi connectivity index (χ4v) is 6.69. The van der Waals surface area contributed by atoms with Gasteiger partial charge in [-0.05, 0) is 87.0 Å². The molecule has 0 saturated heterocycles. The minimum absolute atomic E-state index is 0.0956. The lowest BCUT2D eigenvalue weighted by atomic mass is 9.88. The molecule has 8 nitrogen and oxygen atoms in total. The summed E-state index contributed by atoms with van der Waals surface area (Å²) >= 11 is 0. The Bertz CT molecular complexity index is 1310. The number of amides is 4. The first-order chi connectivity index (χ1) is 26.2. The van der Waals surface area contributed by atoms with Crippen LogP contribution in [-0.4, -0.2) is 64.4 Å². The lowest BCUT2D eigenvalue weighted by Gasteiger charge is -2.18. The van der Waals surface area contributed by atoms with Crippen LogP contribution in [0.3, 0.4) is 0 Å². The van der Waals surface area contributed by atoms with Crippen molar-refractivity contribution >= 4 is 12.1 Å². The van der Waals surface area contributed by atoms with Crippen molar-refractivity contribution in [2.24, 2.45) is 0 Å². The van der Waals surface area contributed by atoms with Gasteiger partial charge in [0.05, 0.1) is 0 Å². The predicted octanol–water partition coefficient (Wildman–Crippen LogP) is 7.94. The molecule has 284 valence electrons. The average Bonchev–Trinajstić information content (AvgIpc) is 3.20. The number of hydrogen-bond acceptors (Lipinski definition) is 4. The highest BCUT2D eigenvalue weighted by atomic mass is 16.2. The van der Waals surface area contributed by atoms with Gasteiger partial charge < -0.3 is 31.9 Å². The SMILES string of the molecule is O=C(NCCCNCCCCCCCNCCCNC(=O)NCCC(c1ccccc1)c1ccccc1)NCCC(c1ccccc1)c1ccccc1. The Morgan fingerprint density at radius 1 is 0.340 bits per heavy atom. The van der Waals surface area contributed by atoms with E-state index in [1.165, 1.54) is 54.4 Å². The van der Waals surface area contributed by atoms with Crippen molar-refractivity contribution in [1.29, 1.82) is 0 Å². The molecule has 4 rings (SSSR count). The third-order valence-electron chi connectivity index (χ3n) is 9.58. The summed E-state index contributed by atoms with van der Waals surface area (Å²) in [5, 5.41) is 19.1. The van der Waals surface area contributed by atoms with Crippen LogP contribution in [0.25, 0.3) is 0 Å². The van der Waals surface area contributed by atoms with E-state index >= 15 is 0 Å². The van der Waals surface area contributed by atoms with Crippen LogP contribution in [-0.2, 0) is 0 Å². The molecule has 0 aliphatic rings. The maximum atomic E-state index is 12.3. The maximum Gasteiger partial charge on any atom is 0.314 e. The second kappa shape index (κ2) is 26.2. The van der Waals surface area contributed by atoms with Crippen molar-refractivity contribution < 1.29 is 9.59 Å². The van der Waals surface area contributed by atoms with Crippen molar-refractivity contribution in [2.45, 2.75) is 69.6 Å². The molecule has 6 N–H and O–H groups in total. The van der Waals surface area contributed by atoms with Crippen LogP contribution in [0.4, 0.5) is 9.59 Å². The molecule has 0 atom stereocenters. The molecule has 0 aliphatic carbocycles. The summed E-state index contributed by atoms with van der Waals surface area (Å²) in [6.45, 7) is 6.44. The highest BCUT2D eigenvalue weighted by Crippen LogP contribution is 2.28. The third kappa shape index (κ3) is 17.1. The summed E-state index contributed by atoms with van der Waals surface area (Å²) in [7, 11) is 0. The average molecular weight is 719 g/mol. The number of hydrogen-bond donors (Lipinski definition) is 6. The molecule has 0 unspecified atom stereocenters. The molecule has 0 aliphatic heterocycles. The van der Waals surface area contributed by atoms with Gasteiger partial charge in [-0.1, -0.05) is 141 Å². The van der Waals surface area contributed by atoms with E-state index in [1.54, 1.807) is 0 Å². The minimum Gasteiger partial charge on any atom is -0.338 e. The summed E-state index contributed by atoms with van der Waals surface area (Å²) in [6.07, 6.45) is 9.61. The molecule has 4 aromatic carbocycles. The number of urea groups is 2. The van der Waals surface area contributed by atoms with Crippen molar-refractivity contribution in [1.82, 2.24) is 31.9 Å². The fraction of sp³-hybridized carbons (Fsp3) is 0.422. The van der Waals surface area contributed by atoms with Crippen LogP contribution in [0, 0.1) is 0 Å². The molecular weight excluding hydrogens is 657 g/mol. The van der Waals surface area contributed by atoms with Crippen LogP contribution in [0.5, 0.6) is 0 Å².